The van der Waals surface area contributed by atoms with Crippen LogP contribution < -0.4 is 25.9 Å². The Morgan fingerprint density at radius 3 is 0.970 bits per heavy atom. The molecule has 16 heteroatoms. The smallest absolute Gasteiger partial charge is 0.342 e. The molecule has 12 aromatic carbocycles. The van der Waals surface area contributed by atoms with Gasteiger partial charge in [-0.2, -0.15) is 0 Å². The SMILES string of the molecule is O=C(OCc1ccccc1)c1cc2c3cc(C(=O)OCc4ccccc4)c(C(=O)OCc4ccccc4)cc3n(-c3ccc(-c4ccc5c(c4)B4c6ccccc6Oc6c(C(=O)OCc7ccccc7)cc(C(=O)OCc7ccccc7)c(c64)O5)cc3)c2cc1C(=O)OCc1ccccc1. The molecule has 2 aliphatic rings. The first-order valence-corrected chi connectivity index (χ1v) is 32.4. The molecule has 0 saturated carbocycles. The van der Waals surface area contributed by atoms with Crippen molar-refractivity contribution in [1.29, 1.82) is 0 Å². The molecule has 0 saturated heterocycles. The number of ether oxygens (including phenoxy) is 8. The van der Waals surface area contributed by atoms with E-state index in [4.69, 9.17) is 37.9 Å². The fourth-order valence-electron chi connectivity index (χ4n) is 12.7. The van der Waals surface area contributed by atoms with Gasteiger partial charge in [0.1, 0.15) is 73.8 Å². The average molecular weight is 1320 g/mol. The molecular weight excluding hydrogens is 1260 g/mol. The standard InChI is InChI=1S/C84H58BNO14/c87-79(93-47-53-21-7-1-8-22-53)64-42-62-63-43-65(80(88)94-48-54-23-9-2-10-24-54)67(82(90)96-50-56-27-13-4-14-28-56)46-73(63)86(72(62)45-66(64)81(89)95-49-55-25-11-3-12-26-55)61-38-35-59(36-39-61)60-37-40-75-71(41-60)85-70-33-19-20-34-74(70)99-77-68(83(91)97-51-57-29-15-5-16-30-57)44-69(78(100-75)76(77)85)84(92)98-52-58-31-17-6-18-32-58/h1-46H,47-52H2. The number of carbonyl (C=O) groups excluding carboxylic acids is 6. The van der Waals surface area contributed by atoms with Crippen molar-refractivity contribution in [2.45, 2.75) is 39.6 Å². The molecule has 0 aliphatic carbocycles. The summed E-state index contributed by atoms with van der Waals surface area (Å²) in [5.41, 5.74) is 8.76. The molecule has 0 amide bonds. The highest BCUT2D eigenvalue weighted by atomic mass is 16.6. The lowest BCUT2D eigenvalue weighted by atomic mass is 9.34. The summed E-state index contributed by atoms with van der Waals surface area (Å²) in [6.07, 6.45) is 0. The molecule has 0 radical (unpaired) electrons. The van der Waals surface area contributed by atoms with Crippen LogP contribution in [-0.4, -0.2) is 47.1 Å². The highest BCUT2D eigenvalue weighted by Crippen LogP contribution is 2.42. The first-order valence-electron chi connectivity index (χ1n) is 32.4. The van der Waals surface area contributed by atoms with Crippen LogP contribution in [0.25, 0.3) is 38.6 Å². The van der Waals surface area contributed by atoms with Crippen molar-refractivity contribution in [1.82, 2.24) is 4.57 Å². The van der Waals surface area contributed by atoms with Crippen LogP contribution in [0.5, 0.6) is 23.0 Å². The molecular formula is C84H58BNO14. The van der Waals surface area contributed by atoms with E-state index < -0.39 is 42.5 Å². The molecule has 0 N–H and O–H groups in total. The van der Waals surface area contributed by atoms with E-state index in [1.54, 1.807) is 24.3 Å². The number of rotatable bonds is 20. The summed E-state index contributed by atoms with van der Waals surface area (Å²) in [5.74, 6) is -3.39. The number of aromatic nitrogens is 1. The van der Waals surface area contributed by atoms with E-state index in [0.717, 1.165) is 27.7 Å². The number of para-hydroxylation sites is 1. The monoisotopic (exact) mass is 1320 g/mol. The molecule has 15 rings (SSSR count). The van der Waals surface area contributed by atoms with Gasteiger partial charge in [-0.15, -0.1) is 0 Å². The Labute approximate surface area is 574 Å². The molecule has 0 fully saturated rings. The molecule has 13 aromatic rings. The summed E-state index contributed by atoms with van der Waals surface area (Å²) in [5, 5.41) is 0.830. The third kappa shape index (κ3) is 12.9. The van der Waals surface area contributed by atoms with E-state index in [1.807, 2.05) is 253 Å². The summed E-state index contributed by atoms with van der Waals surface area (Å²) < 4.78 is 51.1. The molecule has 0 unspecified atom stereocenters. The maximum atomic E-state index is 14.7. The Bertz CT molecular complexity index is 5060. The number of carbonyl (C=O) groups is 6. The number of esters is 6. The molecule has 100 heavy (non-hydrogen) atoms. The van der Waals surface area contributed by atoms with Crippen LogP contribution in [0.15, 0.2) is 279 Å². The normalized spacial score (nSPS) is 11.6. The van der Waals surface area contributed by atoms with Gasteiger partial charge in [-0.05, 0) is 110 Å². The molecule has 0 spiro atoms. The second kappa shape index (κ2) is 27.9. The minimum Gasteiger partial charge on any atom is -0.457 e. The van der Waals surface area contributed by atoms with Gasteiger partial charge in [-0.25, -0.2) is 28.8 Å². The first kappa shape index (κ1) is 63.0. The van der Waals surface area contributed by atoms with Gasteiger partial charge < -0.3 is 42.5 Å². The van der Waals surface area contributed by atoms with Gasteiger partial charge in [0.2, 0.25) is 0 Å². The van der Waals surface area contributed by atoms with Crippen LogP contribution in [0.4, 0.5) is 0 Å². The maximum Gasteiger partial charge on any atom is 0.342 e. The van der Waals surface area contributed by atoms with Crippen LogP contribution in [0.1, 0.15) is 95.5 Å². The summed E-state index contributed by atoms with van der Waals surface area (Å²) in [4.78, 5) is 87.8. The third-order valence-corrected chi connectivity index (χ3v) is 17.6. The summed E-state index contributed by atoms with van der Waals surface area (Å²) >= 11 is 0. The topological polar surface area (TPSA) is 181 Å². The molecule has 3 heterocycles. The second-order valence-electron chi connectivity index (χ2n) is 24.1. The fourth-order valence-corrected chi connectivity index (χ4v) is 12.7. The predicted molar refractivity (Wildman–Crippen MR) is 377 cm³/mol. The van der Waals surface area contributed by atoms with Crippen LogP contribution in [0.2, 0.25) is 0 Å². The molecule has 1 aromatic heterocycles. The number of fused-ring (bicyclic) bond motifs is 7. The van der Waals surface area contributed by atoms with Crippen LogP contribution in [-0.2, 0) is 68.1 Å². The van der Waals surface area contributed by atoms with Crippen molar-refractivity contribution >= 4 is 80.7 Å². The van der Waals surface area contributed by atoms with Crippen molar-refractivity contribution in [3.8, 4) is 39.8 Å². The lowest BCUT2D eigenvalue weighted by molar-refractivity contribution is 0.0425. The highest BCUT2D eigenvalue weighted by Gasteiger charge is 2.45. The number of nitrogens with zero attached hydrogens (tertiary/aromatic N) is 1. The van der Waals surface area contributed by atoms with Crippen molar-refractivity contribution < 1.29 is 66.7 Å². The maximum absolute atomic E-state index is 14.7. The molecule has 15 nitrogen and oxygen atoms in total. The molecule has 2 aliphatic heterocycles. The molecule has 486 valence electrons. The predicted octanol–water partition coefficient (Wildman–Crippen LogP) is 15.3. The highest BCUT2D eigenvalue weighted by molar-refractivity contribution is 6.98. The summed E-state index contributed by atoms with van der Waals surface area (Å²) in [6.45, 7) is -1.16. The second-order valence-corrected chi connectivity index (χ2v) is 24.1. The van der Waals surface area contributed by atoms with Gasteiger partial charge in [0, 0.05) is 21.9 Å². The Morgan fingerprint density at radius 2 is 0.600 bits per heavy atom. The van der Waals surface area contributed by atoms with Crippen molar-refractivity contribution in [3.63, 3.8) is 0 Å². The summed E-state index contributed by atoms with van der Waals surface area (Å²) in [6, 6.07) is 83.7. The van der Waals surface area contributed by atoms with Crippen LogP contribution in [0, 0.1) is 0 Å². The molecule has 0 bridgehead atoms. The average Bonchev–Trinajstić information content (AvgIpc) is 1.02. The van der Waals surface area contributed by atoms with E-state index in [2.05, 4.69) is 0 Å². The van der Waals surface area contributed by atoms with Crippen molar-refractivity contribution in [2.24, 2.45) is 0 Å². The zero-order chi connectivity index (χ0) is 68.1. The molecule has 0 atom stereocenters. The lowest BCUT2D eigenvalue weighted by Crippen LogP contribution is -2.58. The lowest BCUT2D eigenvalue weighted by Gasteiger charge is -2.34. The fraction of sp³-hybridized carbons (Fsp3) is 0.0714. The number of hydrogen-bond donors (Lipinski definition) is 0. The Balaban J connectivity index is 0.861. The van der Waals surface area contributed by atoms with E-state index in [9.17, 15) is 28.8 Å². The van der Waals surface area contributed by atoms with Crippen molar-refractivity contribution in [3.05, 3.63) is 346 Å². The van der Waals surface area contributed by atoms with Crippen LogP contribution >= 0.6 is 0 Å². The van der Waals surface area contributed by atoms with Gasteiger partial charge in [0.15, 0.2) is 0 Å². The van der Waals surface area contributed by atoms with Gasteiger partial charge in [-0.3, -0.25) is 0 Å². The van der Waals surface area contributed by atoms with Crippen molar-refractivity contribution in [2.75, 3.05) is 0 Å². The summed E-state index contributed by atoms with van der Waals surface area (Å²) in [7, 11) is 0. The zero-order valence-electron chi connectivity index (χ0n) is 53.5. The number of benzene rings is 12. The van der Waals surface area contributed by atoms with E-state index in [1.165, 1.54) is 6.07 Å². The van der Waals surface area contributed by atoms with Gasteiger partial charge in [0.05, 0.1) is 33.3 Å². The van der Waals surface area contributed by atoms with Gasteiger partial charge >= 0.3 is 35.8 Å². The zero-order valence-corrected chi connectivity index (χ0v) is 53.5. The minimum absolute atomic E-state index is 0.00974. The first-order chi connectivity index (χ1) is 49.1. The van der Waals surface area contributed by atoms with E-state index >= 15 is 0 Å². The Hall–Kier alpha value is -13.1. The quantitative estimate of drug-likeness (QED) is 0.0399. The Morgan fingerprint density at radius 1 is 0.290 bits per heavy atom. The Kier molecular flexibility index (Phi) is 17.6. The van der Waals surface area contributed by atoms with Crippen LogP contribution in [0.3, 0.4) is 0 Å². The minimum atomic E-state index is -0.811. The van der Waals surface area contributed by atoms with E-state index in [0.29, 0.717) is 72.2 Å². The largest absolute Gasteiger partial charge is 0.457 e. The van der Waals surface area contributed by atoms with E-state index in [-0.39, 0.29) is 84.5 Å². The number of hydrogen-bond acceptors (Lipinski definition) is 14. The third-order valence-electron chi connectivity index (χ3n) is 17.6. The van der Waals surface area contributed by atoms with Gasteiger partial charge in [0.25, 0.3) is 6.71 Å². The van der Waals surface area contributed by atoms with Gasteiger partial charge in [-0.1, -0.05) is 224 Å².